The van der Waals surface area contributed by atoms with Crippen LogP contribution in [0.3, 0.4) is 0 Å². The molecule has 4 aromatic carbocycles. The van der Waals surface area contributed by atoms with Crippen molar-refractivity contribution in [2.45, 2.75) is 64.4 Å². The van der Waals surface area contributed by atoms with E-state index in [1.807, 2.05) is 121 Å². The van der Waals surface area contributed by atoms with Crippen LogP contribution in [0.15, 0.2) is 121 Å². The monoisotopic (exact) mass is 584 g/mol. The Kier molecular flexibility index (Phi) is 13.4. The molecule has 0 spiro atoms. The van der Waals surface area contributed by atoms with E-state index in [4.69, 9.17) is 23.7 Å². The normalized spacial score (nSPS) is 14.0. The van der Waals surface area contributed by atoms with Crippen molar-refractivity contribution < 1.29 is 33.6 Å². The highest BCUT2D eigenvalue weighted by Crippen LogP contribution is 2.24. The Labute approximate surface area is 254 Å². The number of carbonyl (C=O) groups is 1. The van der Waals surface area contributed by atoms with Crippen molar-refractivity contribution in [1.82, 2.24) is 0 Å². The first-order valence-corrected chi connectivity index (χ1v) is 14.5. The van der Waals surface area contributed by atoms with Gasteiger partial charge in [-0.05, 0) is 28.7 Å². The van der Waals surface area contributed by atoms with Gasteiger partial charge in [-0.15, -0.1) is 0 Å². The molecule has 0 saturated carbocycles. The van der Waals surface area contributed by atoms with E-state index in [0.717, 1.165) is 22.3 Å². The fraction of sp³-hybridized carbons (Fsp3) is 0.306. The number of benzene rings is 4. The number of hydrogen-bond acceptors (Lipinski definition) is 7. The predicted molar refractivity (Wildman–Crippen MR) is 164 cm³/mol. The van der Waals surface area contributed by atoms with Gasteiger partial charge in [0, 0.05) is 13.5 Å². The molecule has 4 aromatic rings. The molecule has 0 fully saturated rings. The van der Waals surface area contributed by atoms with Crippen LogP contribution in [-0.4, -0.2) is 42.3 Å². The average Bonchev–Trinajstić information content (AvgIpc) is 3.04. The van der Waals surface area contributed by atoms with Crippen LogP contribution in [0.4, 0.5) is 0 Å². The molecule has 0 aliphatic carbocycles. The maximum atomic E-state index is 11.9. The Morgan fingerprint density at radius 3 is 1.42 bits per heavy atom. The zero-order valence-corrected chi connectivity index (χ0v) is 24.5. The second-order valence-electron chi connectivity index (χ2n) is 10.2. The molecule has 4 rings (SSSR count). The van der Waals surface area contributed by atoms with Crippen LogP contribution in [0.5, 0.6) is 0 Å². The molecule has 0 heterocycles. The molecule has 0 radical (unpaired) electrons. The largest absolute Gasteiger partial charge is 0.433 e. The minimum absolute atomic E-state index is 0.172. The van der Waals surface area contributed by atoms with Gasteiger partial charge in [0.15, 0.2) is 0 Å². The van der Waals surface area contributed by atoms with Gasteiger partial charge in [0.05, 0.1) is 32.5 Å². The molecular weight excluding hydrogens is 544 g/mol. The number of esters is 1. The van der Waals surface area contributed by atoms with E-state index in [1.54, 1.807) is 0 Å². The average molecular weight is 585 g/mol. The summed E-state index contributed by atoms with van der Waals surface area (Å²) in [6, 6.07) is 39.1. The fourth-order valence-electron chi connectivity index (χ4n) is 4.61. The summed E-state index contributed by atoms with van der Waals surface area (Å²) in [5, 5.41) is 11.1. The lowest BCUT2D eigenvalue weighted by molar-refractivity contribution is -0.236. The van der Waals surface area contributed by atoms with Crippen LogP contribution in [0.2, 0.25) is 0 Å². The van der Waals surface area contributed by atoms with Crippen LogP contribution in [0.1, 0.15) is 35.6 Å². The van der Waals surface area contributed by atoms with Crippen LogP contribution < -0.4 is 0 Å². The van der Waals surface area contributed by atoms with Gasteiger partial charge >= 0.3 is 5.97 Å². The fourth-order valence-corrected chi connectivity index (χ4v) is 4.61. The number of carbonyl (C=O) groups excluding carboxylic acids is 1. The van der Waals surface area contributed by atoms with Crippen molar-refractivity contribution in [3.8, 4) is 0 Å². The van der Waals surface area contributed by atoms with Gasteiger partial charge in [-0.2, -0.15) is 0 Å². The van der Waals surface area contributed by atoms with E-state index in [1.165, 1.54) is 6.92 Å². The first-order valence-electron chi connectivity index (χ1n) is 14.5. The maximum Gasteiger partial charge on any atom is 0.305 e. The molecule has 0 aromatic heterocycles. The van der Waals surface area contributed by atoms with Crippen molar-refractivity contribution in [1.29, 1.82) is 0 Å². The van der Waals surface area contributed by atoms with Crippen LogP contribution in [0, 0.1) is 0 Å². The van der Waals surface area contributed by atoms with E-state index in [2.05, 4.69) is 0 Å². The lowest BCUT2D eigenvalue weighted by Gasteiger charge is -2.35. The standard InChI is InChI=1S/C36H40O7/c1-28(37)43-36(38)35(42-27-32-20-12-5-13-21-32)34(41-26-31-18-10-4-11-19-31)33(40-25-30-16-8-3-9-17-30)22-23-39-24-29-14-6-2-7-15-29/h2-21,33-36,38H,22-27H2,1H3. The molecule has 4 atom stereocenters. The van der Waals surface area contributed by atoms with Crippen LogP contribution >= 0.6 is 0 Å². The molecule has 1 N–H and O–H groups in total. The molecule has 226 valence electrons. The number of rotatable bonds is 18. The number of hydrogen-bond donors (Lipinski definition) is 1. The summed E-state index contributed by atoms with van der Waals surface area (Å²) in [7, 11) is 0. The van der Waals surface area contributed by atoms with Gasteiger partial charge in [0.25, 0.3) is 0 Å². The summed E-state index contributed by atoms with van der Waals surface area (Å²) in [5.74, 6) is -0.629. The van der Waals surface area contributed by atoms with E-state index in [9.17, 15) is 9.90 Å². The SMILES string of the molecule is CC(=O)OC(O)C(OCc1ccccc1)C(OCc1ccccc1)C(CCOCc1ccccc1)OCc1ccccc1. The Hall–Kier alpha value is -3.85. The zero-order valence-electron chi connectivity index (χ0n) is 24.5. The Bertz CT molecular complexity index is 1300. The first kappa shape index (κ1) is 32.1. The summed E-state index contributed by atoms with van der Waals surface area (Å²) in [4.78, 5) is 11.9. The van der Waals surface area contributed by atoms with E-state index in [0.29, 0.717) is 26.2 Å². The van der Waals surface area contributed by atoms with Gasteiger partial charge in [-0.25, -0.2) is 0 Å². The van der Waals surface area contributed by atoms with E-state index in [-0.39, 0.29) is 13.2 Å². The molecule has 0 bridgehead atoms. The molecule has 0 saturated heterocycles. The zero-order chi connectivity index (χ0) is 30.1. The quantitative estimate of drug-likeness (QED) is 0.0843. The van der Waals surface area contributed by atoms with E-state index < -0.39 is 30.6 Å². The molecule has 4 unspecified atom stereocenters. The molecular formula is C36H40O7. The highest BCUT2D eigenvalue weighted by molar-refractivity contribution is 5.66. The molecule has 0 aliphatic rings. The van der Waals surface area contributed by atoms with Crippen molar-refractivity contribution >= 4 is 5.97 Å². The third kappa shape index (κ3) is 11.4. The molecule has 0 amide bonds. The van der Waals surface area contributed by atoms with Gasteiger partial charge < -0.3 is 28.8 Å². The minimum Gasteiger partial charge on any atom is -0.433 e. The van der Waals surface area contributed by atoms with Gasteiger partial charge in [0.2, 0.25) is 6.29 Å². The number of ether oxygens (including phenoxy) is 5. The van der Waals surface area contributed by atoms with Crippen LogP contribution in [0.25, 0.3) is 0 Å². The molecule has 7 heteroatoms. The third-order valence-electron chi connectivity index (χ3n) is 6.79. The van der Waals surface area contributed by atoms with Gasteiger partial charge in [-0.3, -0.25) is 4.79 Å². The lowest BCUT2D eigenvalue weighted by Crippen LogP contribution is -2.50. The molecule has 0 aliphatic heterocycles. The summed E-state index contributed by atoms with van der Waals surface area (Å²) in [5.41, 5.74) is 3.90. The van der Waals surface area contributed by atoms with Gasteiger partial charge in [-0.1, -0.05) is 121 Å². The highest BCUT2D eigenvalue weighted by atomic mass is 16.7. The summed E-state index contributed by atoms with van der Waals surface area (Å²) >= 11 is 0. The van der Waals surface area contributed by atoms with Crippen molar-refractivity contribution in [2.75, 3.05) is 6.61 Å². The molecule has 7 nitrogen and oxygen atoms in total. The van der Waals surface area contributed by atoms with Crippen LogP contribution in [-0.2, 0) is 54.9 Å². The number of aliphatic hydroxyl groups is 1. The summed E-state index contributed by atoms with van der Waals surface area (Å²) in [6.07, 6.45) is -3.59. The smallest absolute Gasteiger partial charge is 0.305 e. The summed E-state index contributed by atoms with van der Waals surface area (Å²) in [6.45, 7) is 2.79. The van der Waals surface area contributed by atoms with Crippen molar-refractivity contribution in [3.05, 3.63) is 144 Å². The Morgan fingerprint density at radius 1 is 0.581 bits per heavy atom. The van der Waals surface area contributed by atoms with Crippen molar-refractivity contribution in [3.63, 3.8) is 0 Å². The third-order valence-corrected chi connectivity index (χ3v) is 6.79. The Morgan fingerprint density at radius 2 is 0.977 bits per heavy atom. The second kappa shape index (κ2) is 18.0. The second-order valence-corrected chi connectivity index (χ2v) is 10.2. The topological polar surface area (TPSA) is 83.5 Å². The summed E-state index contributed by atoms with van der Waals surface area (Å²) < 4.78 is 30.5. The maximum absolute atomic E-state index is 11.9. The van der Waals surface area contributed by atoms with E-state index >= 15 is 0 Å². The predicted octanol–water partition coefficient (Wildman–Crippen LogP) is 6.23. The molecule has 43 heavy (non-hydrogen) atoms. The first-order chi connectivity index (χ1) is 21.1. The lowest BCUT2D eigenvalue weighted by atomic mass is 10.0. The Balaban J connectivity index is 1.58. The minimum atomic E-state index is -1.59. The number of aliphatic hydroxyl groups excluding tert-OH is 1. The van der Waals surface area contributed by atoms with Gasteiger partial charge in [0.1, 0.15) is 12.2 Å². The van der Waals surface area contributed by atoms with Crippen molar-refractivity contribution in [2.24, 2.45) is 0 Å². The highest BCUT2D eigenvalue weighted by Gasteiger charge is 2.38.